The van der Waals surface area contributed by atoms with E-state index in [1.807, 2.05) is 4.57 Å². The lowest BCUT2D eigenvalue weighted by atomic mass is 10.2. The van der Waals surface area contributed by atoms with Crippen molar-refractivity contribution in [2.24, 2.45) is 5.73 Å². The number of carbonyl (C=O) groups is 2. The molecule has 2 atom stereocenters. The van der Waals surface area contributed by atoms with Crippen LogP contribution in [0.1, 0.15) is 19.8 Å². The van der Waals surface area contributed by atoms with Crippen LogP contribution in [0.15, 0.2) is 29.4 Å². The fraction of sp³-hybridized carbons (Fsp3) is 0.444. The van der Waals surface area contributed by atoms with Crippen LogP contribution in [0.5, 0.6) is 0 Å². The van der Waals surface area contributed by atoms with E-state index in [2.05, 4.69) is 10.2 Å². The number of rotatable bonds is 8. The highest BCUT2D eigenvalue weighted by molar-refractivity contribution is 7.99. The molecular weight excluding hydrogens is 387 g/mol. The molecule has 1 saturated heterocycles. The molecule has 1 aromatic carbocycles. The van der Waals surface area contributed by atoms with E-state index in [-0.39, 0.29) is 17.7 Å². The molecule has 0 aliphatic carbocycles. The third-order valence-electron chi connectivity index (χ3n) is 4.26. The molecule has 10 heteroatoms. The maximum Gasteiger partial charge on any atom is 0.317 e. The third kappa shape index (κ3) is 5.08. The first-order valence-corrected chi connectivity index (χ1v) is 9.85. The van der Waals surface area contributed by atoms with E-state index in [1.54, 1.807) is 12.1 Å². The summed E-state index contributed by atoms with van der Waals surface area (Å²) in [6.07, 6.45) is 0.936. The maximum atomic E-state index is 13.3. The average molecular weight is 408 g/mol. The molecule has 1 amide bonds. The largest absolute Gasteiger partial charge is 0.452 e. The van der Waals surface area contributed by atoms with Gasteiger partial charge in [-0.25, -0.2) is 4.39 Å². The van der Waals surface area contributed by atoms with Crippen molar-refractivity contribution < 1.29 is 23.5 Å². The molecule has 0 bridgehead atoms. The molecule has 2 heterocycles. The highest BCUT2D eigenvalue weighted by atomic mass is 32.2. The summed E-state index contributed by atoms with van der Waals surface area (Å²) in [4.78, 5) is 22.9. The summed E-state index contributed by atoms with van der Waals surface area (Å²) in [7, 11) is 0. The number of hydrogen-bond acceptors (Lipinski definition) is 7. The van der Waals surface area contributed by atoms with Crippen LogP contribution >= 0.6 is 11.8 Å². The fourth-order valence-electron chi connectivity index (χ4n) is 2.78. The minimum Gasteiger partial charge on any atom is -0.452 e. The summed E-state index contributed by atoms with van der Waals surface area (Å²) in [6, 6.07) is 5.97. The molecule has 3 rings (SSSR count). The standard InChI is InChI=1S/C18H21FN4O4S/c1-11(16(20)25)27-15(24)10-28-18-22-21-17(12-4-6-13(19)7-5-12)23(18)9-14-3-2-8-26-14/h4-7,11,14H,2-3,8-10H2,1H3,(H2,20,25)/t11-,14-/m1/s1. The molecule has 150 valence electrons. The van der Waals surface area contributed by atoms with Gasteiger partial charge in [-0.1, -0.05) is 11.8 Å². The zero-order valence-corrected chi connectivity index (χ0v) is 16.2. The summed E-state index contributed by atoms with van der Waals surface area (Å²) in [6.45, 7) is 2.64. The number of ether oxygens (including phenoxy) is 2. The minimum absolute atomic E-state index is 0.0244. The normalized spacial score (nSPS) is 17.4. The number of nitrogens with zero attached hydrogens (tertiary/aromatic N) is 3. The first kappa shape index (κ1) is 20.3. The number of halogens is 1. The van der Waals surface area contributed by atoms with Gasteiger partial charge >= 0.3 is 5.97 Å². The predicted octanol–water partition coefficient (Wildman–Crippen LogP) is 1.77. The fourth-order valence-corrected chi connectivity index (χ4v) is 3.51. The van der Waals surface area contributed by atoms with Gasteiger partial charge < -0.3 is 15.2 Å². The topological polar surface area (TPSA) is 109 Å². The summed E-state index contributed by atoms with van der Waals surface area (Å²) in [5, 5.41) is 8.90. The number of carbonyl (C=O) groups excluding carboxylic acids is 2. The molecule has 28 heavy (non-hydrogen) atoms. The number of thioether (sulfide) groups is 1. The van der Waals surface area contributed by atoms with Crippen molar-refractivity contribution in [3.8, 4) is 11.4 Å². The van der Waals surface area contributed by atoms with E-state index in [0.29, 0.717) is 29.7 Å². The zero-order valence-electron chi connectivity index (χ0n) is 15.3. The lowest BCUT2D eigenvalue weighted by Gasteiger charge is -2.15. The molecule has 1 aromatic heterocycles. The Morgan fingerprint density at radius 3 is 2.79 bits per heavy atom. The smallest absolute Gasteiger partial charge is 0.317 e. The number of amides is 1. The highest BCUT2D eigenvalue weighted by Gasteiger charge is 2.23. The lowest BCUT2D eigenvalue weighted by molar-refractivity contribution is -0.151. The Balaban J connectivity index is 1.76. The molecule has 0 unspecified atom stereocenters. The van der Waals surface area contributed by atoms with E-state index < -0.39 is 18.0 Å². The van der Waals surface area contributed by atoms with Gasteiger partial charge in [-0.05, 0) is 44.0 Å². The molecule has 2 aromatic rings. The van der Waals surface area contributed by atoms with Crippen LogP contribution in [0.4, 0.5) is 4.39 Å². The van der Waals surface area contributed by atoms with Gasteiger partial charge in [0.05, 0.1) is 18.4 Å². The molecule has 0 radical (unpaired) electrons. The van der Waals surface area contributed by atoms with E-state index in [0.717, 1.165) is 24.6 Å². The van der Waals surface area contributed by atoms with Gasteiger partial charge in [0.1, 0.15) is 5.82 Å². The van der Waals surface area contributed by atoms with Crippen molar-refractivity contribution in [3.05, 3.63) is 30.1 Å². The van der Waals surface area contributed by atoms with Gasteiger partial charge in [0, 0.05) is 12.2 Å². The van der Waals surface area contributed by atoms with Crippen LogP contribution in [-0.2, 0) is 25.6 Å². The van der Waals surface area contributed by atoms with E-state index in [4.69, 9.17) is 15.2 Å². The molecule has 8 nitrogen and oxygen atoms in total. The second-order valence-electron chi connectivity index (χ2n) is 6.38. The molecule has 0 saturated carbocycles. The first-order valence-electron chi connectivity index (χ1n) is 8.86. The van der Waals surface area contributed by atoms with Gasteiger partial charge in [0.2, 0.25) is 0 Å². The number of esters is 1. The summed E-state index contributed by atoms with van der Waals surface area (Å²) >= 11 is 1.14. The monoisotopic (exact) mass is 408 g/mol. The Hall–Kier alpha value is -2.46. The summed E-state index contributed by atoms with van der Waals surface area (Å²) < 4.78 is 25.8. The van der Waals surface area contributed by atoms with Gasteiger partial charge in [-0.2, -0.15) is 0 Å². The molecule has 1 aliphatic heterocycles. The van der Waals surface area contributed by atoms with Crippen LogP contribution in [-0.4, -0.2) is 51.2 Å². The number of aromatic nitrogens is 3. The minimum atomic E-state index is -0.993. The highest BCUT2D eigenvalue weighted by Crippen LogP contribution is 2.27. The van der Waals surface area contributed by atoms with Crippen LogP contribution in [0.2, 0.25) is 0 Å². The van der Waals surface area contributed by atoms with Crippen molar-refractivity contribution in [2.45, 2.75) is 43.7 Å². The number of nitrogens with two attached hydrogens (primary N) is 1. The van der Waals surface area contributed by atoms with Crippen molar-refractivity contribution in [1.29, 1.82) is 0 Å². The van der Waals surface area contributed by atoms with Gasteiger partial charge in [0.25, 0.3) is 5.91 Å². The van der Waals surface area contributed by atoms with Crippen LogP contribution in [0, 0.1) is 5.82 Å². The van der Waals surface area contributed by atoms with Crippen LogP contribution < -0.4 is 5.73 Å². The summed E-state index contributed by atoms with van der Waals surface area (Å²) in [5.74, 6) is -1.11. The Morgan fingerprint density at radius 2 is 2.14 bits per heavy atom. The Morgan fingerprint density at radius 1 is 1.39 bits per heavy atom. The average Bonchev–Trinajstić information content (AvgIpc) is 3.31. The molecule has 0 spiro atoms. The van der Waals surface area contributed by atoms with E-state index >= 15 is 0 Å². The zero-order chi connectivity index (χ0) is 20.1. The van der Waals surface area contributed by atoms with Crippen molar-refractivity contribution in [3.63, 3.8) is 0 Å². The van der Waals surface area contributed by atoms with Gasteiger partial charge in [-0.15, -0.1) is 10.2 Å². The van der Waals surface area contributed by atoms with Crippen molar-refractivity contribution in [1.82, 2.24) is 14.8 Å². The molecule has 1 fully saturated rings. The van der Waals surface area contributed by atoms with E-state index in [1.165, 1.54) is 19.1 Å². The van der Waals surface area contributed by atoms with Crippen LogP contribution in [0.25, 0.3) is 11.4 Å². The second kappa shape index (κ2) is 9.16. The second-order valence-corrected chi connectivity index (χ2v) is 7.32. The number of hydrogen-bond donors (Lipinski definition) is 1. The van der Waals surface area contributed by atoms with Gasteiger partial charge in [-0.3, -0.25) is 14.2 Å². The molecule has 2 N–H and O–H groups in total. The Bertz CT molecular complexity index is 837. The third-order valence-corrected chi connectivity index (χ3v) is 5.20. The predicted molar refractivity (Wildman–Crippen MR) is 99.9 cm³/mol. The van der Waals surface area contributed by atoms with Crippen molar-refractivity contribution in [2.75, 3.05) is 12.4 Å². The number of primary amides is 1. The first-order chi connectivity index (χ1) is 13.4. The molecule has 1 aliphatic rings. The maximum absolute atomic E-state index is 13.3. The quantitative estimate of drug-likeness (QED) is 0.524. The van der Waals surface area contributed by atoms with Crippen LogP contribution in [0.3, 0.4) is 0 Å². The van der Waals surface area contributed by atoms with Gasteiger partial charge in [0.15, 0.2) is 17.1 Å². The lowest BCUT2D eigenvalue weighted by Crippen LogP contribution is -2.31. The summed E-state index contributed by atoms with van der Waals surface area (Å²) in [5.41, 5.74) is 5.81. The Labute approximate surface area is 165 Å². The Kier molecular flexibility index (Phi) is 6.63. The molecular formula is C18H21FN4O4S. The number of benzene rings is 1. The van der Waals surface area contributed by atoms with Crippen molar-refractivity contribution >= 4 is 23.6 Å². The van der Waals surface area contributed by atoms with E-state index in [9.17, 15) is 14.0 Å². The SMILES string of the molecule is C[C@@H](OC(=O)CSc1nnc(-c2ccc(F)cc2)n1C[C@H]1CCCO1)C(N)=O.